The molecular formula is C16H13ClO6. The lowest BCUT2D eigenvalue weighted by Crippen LogP contribution is -2.50. The molecule has 1 N–H and O–H groups in total. The number of allylic oxidation sites excluding steroid dienone is 1. The number of methoxy groups -OCH3 is 2. The van der Waals surface area contributed by atoms with Gasteiger partial charge in [0.2, 0.25) is 11.6 Å². The van der Waals surface area contributed by atoms with E-state index < -0.39 is 17.2 Å². The molecule has 1 atom stereocenters. The highest BCUT2D eigenvalue weighted by molar-refractivity contribution is 6.36. The molecule has 0 fully saturated rings. The number of hydrogen-bond acceptors (Lipinski definition) is 6. The molecule has 1 aromatic rings. The van der Waals surface area contributed by atoms with Crippen molar-refractivity contribution in [1.82, 2.24) is 0 Å². The fourth-order valence-corrected chi connectivity index (χ4v) is 3.07. The Morgan fingerprint density at radius 3 is 2.39 bits per heavy atom. The van der Waals surface area contributed by atoms with E-state index in [1.165, 1.54) is 33.3 Å². The van der Waals surface area contributed by atoms with Crippen molar-refractivity contribution >= 4 is 23.2 Å². The number of benzene rings is 1. The first kappa shape index (κ1) is 15.4. The molecule has 0 radical (unpaired) electrons. The highest BCUT2D eigenvalue weighted by Crippen LogP contribution is 2.52. The van der Waals surface area contributed by atoms with E-state index >= 15 is 0 Å². The molecule has 0 saturated heterocycles. The van der Waals surface area contributed by atoms with Crippen molar-refractivity contribution in [3.63, 3.8) is 0 Å². The van der Waals surface area contributed by atoms with Gasteiger partial charge in [0.25, 0.3) is 5.60 Å². The molecule has 120 valence electrons. The van der Waals surface area contributed by atoms with Crippen LogP contribution in [-0.2, 0) is 4.79 Å². The lowest BCUT2D eigenvalue weighted by Gasteiger charge is -2.27. The van der Waals surface area contributed by atoms with Gasteiger partial charge in [0.05, 0.1) is 14.2 Å². The molecule has 2 aliphatic rings. The molecule has 1 aliphatic carbocycles. The molecule has 0 bridgehead atoms. The predicted molar refractivity (Wildman–Crippen MR) is 81.7 cm³/mol. The van der Waals surface area contributed by atoms with Gasteiger partial charge in [-0.1, -0.05) is 11.6 Å². The third kappa shape index (κ3) is 1.88. The second-order valence-electron chi connectivity index (χ2n) is 5.17. The van der Waals surface area contributed by atoms with Crippen LogP contribution in [0.3, 0.4) is 0 Å². The summed E-state index contributed by atoms with van der Waals surface area (Å²) in [4.78, 5) is 25.4. The van der Waals surface area contributed by atoms with Crippen LogP contribution >= 0.6 is 11.6 Å². The van der Waals surface area contributed by atoms with E-state index in [0.29, 0.717) is 0 Å². The Hall–Kier alpha value is -2.47. The van der Waals surface area contributed by atoms with Gasteiger partial charge in [-0.05, 0) is 18.6 Å². The molecule has 1 aromatic carbocycles. The summed E-state index contributed by atoms with van der Waals surface area (Å²) in [5.41, 5.74) is -1.52. The summed E-state index contributed by atoms with van der Waals surface area (Å²) in [7, 11) is 2.80. The Morgan fingerprint density at radius 1 is 1.17 bits per heavy atom. The number of Topliss-reactive ketones (excluding diaryl/α,β-unsaturated/α-hetero) is 1. The van der Waals surface area contributed by atoms with Crippen LogP contribution in [0.1, 0.15) is 17.3 Å². The zero-order valence-electron chi connectivity index (χ0n) is 12.6. The summed E-state index contributed by atoms with van der Waals surface area (Å²) in [5, 5.41) is 9.64. The van der Waals surface area contributed by atoms with Gasteiger partial charge < -0.3 is 19.3 Å². The zero-order chi connectivity index (χ0) is 16.9. The Labute approximate surface area is 136 Å². The number of ketones is 2. The van der Waals surface area contributed by atoms with Gasteiger partial charge in [0.1, 0.15) is 27.8 Å². The SMILES string of the molecule is COc1cc(OC)c2c(c1Cl)O[C@@]1(C(=O)C=C(O)C=C1C)C2=O. The molecule has 6 nitrogen and oxygen atoms in total. The van der Waals surface area contributed by atoms with E-state index in [4.69, 9.17) is 25.8 Å². The molecule has 1 spiro atoms. The smallest absolute Gasteiger partial charge is 0.254 e. The van der Waals surface area contributed by atoms with Crippen molar-refractivity contribution in [3.8, 4) is 17.2 Å². The molecule has 3 rings (SSSR count). The minimum absolute atomic E-state index is 0.0313. The number of aliphatic hydroxyl groups is 1. The summed E-state index contributed by atoms with van der Waals surface area (Å²) in [5.74, 6) is -1.01. The van der Waals surface area contributed by atoms with Crippen molar-refractivity contribution in [2.45, 2.75) is 12.5 Å². The summed E-state index contributed by atoms with van der Waals surface area (Å²) in [6.45, 7) is 1.53. The van der Waals surface area contributed by atoms with E-state index in [0.717, 1.165) is 6.08 Å². The van der Waals surface area contributed by atoms with Crippen molar-refractivity contribution < 1.29 is 28.9 Å². The normalized spacial score (nSPS) is 22.4. The van der Waals surface area contributed by atoms with Crippen molar-refractivity contribution in [3.05, 3.63) is 40.1 Å². The Morgan fingerprint density at radius 2 is 1.83 bits per heavy atom. The molecule has 0 unspecified atom stereocenters. The standard InChI is InChI=1S/C16H13ClO6/c1-7-4-8(18)5-11(19)16(7)15(20)12-9(21-2)6-10(22-3)13(17)14(12)23-16/h4-6,18H,1-3H3/t16-/m0/s1. The molecule has 1 heterocycles. The molecule has 0 amide bonds. The number of rotatable bonds is 2. The second kappa shape index (κ2) is 5.03. The maximum absolute atomic E-state index is 13.0. The van der Waals surface area contributed by atoms with E-state index in [9.17, 15) is 14.7 Å². The van der Waals surface area contributed by atoms with Crippen LogP contribution in [0, 0.1) is 0 Å². The molecule has 7 heteroatoms. The third-order valence-electron chi connectivity index (χ3n) is 3.94. The Balaban J connectivity index is 2.26. The topological polar surface area (TPSA) is 82.1 Å². The summed E-state index contributed by atoms with van der Waals surface area (Å²) >= 11 is 6.22. The highest BCUT2D eigenvalue weighted by Gasteiger charge is 2.58. The van der Waals surface area contributed by atoms with Crippen LogP contribution in [-0.4, -0.2) is 36.5 Å². The van der Waals surface area contributed by atoms with Crippen LogP contribution in [0.2, 0.25) is 5.02 Å². The minimum Gasteiger partial charge on any atom is -0.508 e. The molecule has 0 aromatic heterocycles. The van der Waals surface area contributed by atoms with Crippen LogP contribution in [0.5, 0.6) is 17.2 Å². The van der Waals surface area contributed by atoms with Crippen molar-refractivity contribution in [2.24, 2.45) is 0 Å². The zero-order valence-corrected chi connectivity index (χ0v) is 13.4. The monoisotopic (exact) mass is 336 g/mol. The maximum atomic E-state index is 13.0. The number of ether oxygens (including phenoxy) is 3. The maximum Gasteiger partial charge on any atom is 0.254 e. The number of carbonyl (C=O) groups is 2. The predicted octanol–water partition coefficient (Wildman–Crippen LogP) is 2.64. The lowest BCUT2D eigenvalue weighted by atomic mass is 9.81. The van der Waals surface area contributed by atoms with Gasteiger partial charge in [-0.2, -0.15) is 0 Å². The Bertz CT molecular complexity index is 807. The first-order chi connectivity index (χ1) is 10.9. The van der Waals surface area contributed by atoms with E-state index in [-0.39, 0.29) is 39.2 Å². The molecular weight excluding hydrogens is 324 g/mol. The first-order valence-corrected chi connectivity index (χ1v) is 7.06. The first-order valence-electron chi connectivity index (χ1n) is 6.69. The van der Waals surface area contributed by atoms with Crippen LogP contribution in [0.15, 0.2) is 29.6 Å². The van der Waals surface area contributed by atoms with Crippen LogP contribution < -0.4 is 14.2 Å². The third-order valence-corrected chi connectivity index (χ3v) is 4.30. The number of aliphatic hydroxyl groups excluding tert-OH is 1. The fourth-order valence-electron chi connectivity index (χ4n) is 2.80. The Kier molecular flexibility index (Phi) is 3.37. The summed E-state index contributed by atoms with van der Waals surface area (Å²) < 4.78 is 16.1. The molecule has 1 aliphatic heterocycles. The number of hydrogen-bond donors (Lipinski definition) is 1. The van der Waals surface area contributed by atoms with Crippen molar-refractivity contribution in [2.75, 3.05) is 14.2 Å². The number of carbonyl (C=O) groups excluding carboxylic acids is 2. The average Bonchev–Trinajstić information content (AvgIpc) is 2.82. The van der Waals surface area contributed by atoms with E-state index in [1.807, 2.05) is 0 Å². The van der Waals surface area contributed by atoms with Gasteiger partial charge in [-0.15, -0.1) is 0 Å². The minimum atomic E-state index is -1.86. The lowest BCUT2D eigenvalue weighted by molar-refractivity contribution is -0.123. The van der Waals surface area contributed by atoms with E-state index in [2.05, 4.69) is 0 Å². The highest BCUT2D eigenvalue weighted by atomic mass is 35.5. The fraction of sp³-hybridized carbons (Fsp3) is 0.250. The van der Waals surface area contributed by atoms with Crippen LogP contribution in [0.25, 0.3) is 0 Å². The largest absolute Gasteiger partial charge is 0.508 e. The van der Waals surface area contributed by atoms with Gasteiger partial charge in [0.15, 0.2) is 5.75 Å². The number of fused-ring (bicyclic) bond motifs is 1. The molecule has 0 saturated carbocycles. The number of halogens is 1. The average molecular weight is 337 g/mol. The van der Waals surface area contributed by atoms with Gasteiger partial charge in [0, 0.05) is 12.1 Å². The van der Waals surface area contributed by atoms with Crippen LogP contribution in [0.4, 0.5) is 0 Å². The van der Waals surface area contributed by atoms with Crippen molar-refractivity contribution in [1.29, 1.82) is 0 Å². The second-order valence-corrected chi connectivity index (χ2v) is 5.55. The summed E-state index contributed by atoms with van der Waals surface area (Å²) in [6, 6.07) is 1.46. The van der Waals surface area contributed by atoms with Gasteiger partial charge >= 0.3 is 0 Å². The quantitative estimate of drug-likeness (QED) is 0.836. The van der Waals surface area contributed by atoms with Gasteiger partial charge in [-0.3, -0.25) is 9.59 Å². The van der Waals surface area contributed by atoms with E-state index in [1.54, 1.807) is 0 Å². The van der Waals surface area contributed by atoms with Gasteiger partial charge in [-0.25, -0.2) is 0 Å². The molecule has 23 heavy (non-hydrogen) atoms. The summed E-state index contributed by atoms with van der Waals surface area (Å²) in [6.07, 6.45) is 2.26.